The van der Waals surface area contributed by atoms with Gasteiger partial charge in [-0.3, -0.25) is 5.32 Å². The van der Waals surface area contributed by atoms with Gasteiger partial charge in [-0.15, -0.1) is 21.5 Å². The Balaban J connectivity index is 1.75. The number of nitrogens with zero attached hydrogens (tertiary/aromatic N) is 4. The largest absolute Gasteiger partial charge is 0.313 e. The molecule has 3 rings (SSSR count). The van der Waals surface area contributed by atoms with Crippen molar-refractivity contribution in [3.8, 4) is 0 Å². The molecule has 114 valence electrons. The second-order valence-electron chi connectivity index (χ2n) is 6.28. The van der Waals surface area contributed by atoms with Gasteiger partial charge in [0.15, 0.2) is 5.82 Å². The second kappa shape index (κ2) is 5.50. The van der Waals surface area contributed by atoms with Gasteiger partial charge in [0.25, 0.3) is 0 Å². The van der Waals surface area contributed by atoms with Crippen LogP contribution in [0.3, 0.4) is 0 Å². The number of hydrogen-bond donors (Lipinski definition) is 1. The molecular formula is C15H23N5S. The van der Waals surface area contributed by atoms with Crippen LogP contribution < -0.4 is 5.32 Å². The standard InChI is InChI=1S/C15H23N5S/c1-10-11(2)21-13(17-10)9-16-15(3,4)14-19-18-12-7-5-6-8-20(12)14/h16H,5-9H2,1-4H3. The Labute approximate surface area is 129 Å². The maximum atomic E-state index is 4.60. The minimum absolute atomic E-state index is 0.198. The number of aromatic nitrogens is 4. The van der Waals surface area contributed by atoms with Crippen molar-refractivity contribution in [2.75, 3.05) is 0 Å². The third-order valence-corrected chi connectivity index (χ3v) is 5.25. The molecule has 1 N–H and O–H groups in total. The van der Waals surface area contributed by atoms with Crippen molar-refractivity contribution in [2.45, 2.75) is 65.6 Å². The van der Waals surface area contributed by atoms with E-state index in [0.29, 0.717) is 0 Å². The van der Waals surface area contributed by atoms with Gasteiger partial charge in [-0.2, -0.15) is 0 Å². The lowest BCUT2D eigenvalue weighted by Crippen LogP contribution is -2.39. The zero-order chi connectivity index (χ0) is 15.0. The van der Waals surface area contributed by atoms with E-state index < -0.39 is 0 Å². The first kappa shape index (κ1) is 14.7. The summed E-state index contributed by atoms with van der Waals surface area (Å²) in [6.45, 7) is 10.3. The highest BCUT2D eigenvalue weighted by Crippen LogP contribution is 2.24. The number of aryl methyl sites for hydroxylation is 3. The van der Waals surface area contributed by atoms with E-state index in [2.05, 4.69) is 52.8 Å². The van der Waals surface area contributed by atoms with Gasteiger partial charge in [-0.1, -0.05) is 0 Å². The molecule has 0 saturated heterocycles. The van der Waals surface area contributed by atoms with Gasteiger partial charge in [0.1, 0.15) is 10.8 Å². The highest BCUT2D eigenvalue weighted by molar-refractivity contribution is 7.11. The van der Waals surface area contributed by atoms with Crippen LogP contribution in [0.15, 0.2) is 0 Å². The van der Waals surface area contributed by atoms with Gasteiger partial charge < -0.3 is 4.57 Å². The molecule has 0 unspecified atom stereocenters. The van der Waals surface area contributed by atoms with Crippen LogP contribution in [-0.2, 0) is 25.0 Å². The van der Waals surface area contributed by atoms with Gasteiger partial charge in [0.2, 0.25) is 0 Å². The van der Waals surface area contributed by atoms with Crippen LogP contribution in [0.1, 0.15) is 53.9 Å². The van der Waals surface area contributed by atoms with E-state index in [1.54, 1.807) is 11.3 Å². The predicted octanol–water partition coefficient (Wildman–Crippen LogP) is 2.71. The fourth-order valence-electron chi connectivity index (χ4n) is 2.76. The Morgan fingerprint density at radius 3 is 2.76 bits per heavy atom. The zero-order valence-corrected chi connectivity index (χ0v) is 14.0. The molecular weight excluding hydrogens is 282 g/mol. The third-order valence-electron chi connectivity index (χ3n) is 4.17. The number of hydrogen-bond acceptors (Lipinski definition) is 5. The fraction of sp³-hybridized carbons (Fsp3) is 0.667. The van der Waals surface area contributed by atoms with Gasteiger partial charge in [-0.05, 0) is 40.5 Å². The molecule has 2 aromatic heterocycles. The van der Waals surface area contributed by atoms with Crippen molar-refractivity contribution in [2.24, 2.45) is 0 Å². The Hall–Kier alpha value is -1.27. The molecule has 0 aromatic carbocycles. The normalized spacial score (nSPS) is 15.2. The predicted molar refractivity (Wildman–Crippen MR) is 84.4 cm³/mol. The minimum atomic E-state index is -0.198. The van der Waals surface area contributed by atoms with Gasteiger partial charge in [-0.25, -0.2) is 4.98 Å². The maximum Gasteiger partial charge on any atom is 0.152 e. The first-order valence-electron chi connectivity index (χ1n) is 7.58. The summed E-state index contributed by atoms with van der Waals surface area (Å²) in [5.74, 6) is 2.18. The summed E-state index contributed by atoms with van der Waals surface area (Å²) in [6.07, 6.45) is 3.50. The van der Waals surface area contributed by atoms with Crippen LogP contribution in [0.5, 0.6) is 0 Å². The lowest BCUT2D eigenvalue weighted by atomic mass is 10.0. The van der Waals surface area contributed by atoms with Crippen LogP contribution in [-0.4, -0.2) is 19.7 Å². The SMILES string of the molecule is Cc1nc(CNC(C)(C)c2nnc3n2CCCC3)sc1C. The molecule has 0 aliphatic carbocycles. The van der Waals surface area contributed by atoms with Gasteiger partial charge >= 0.3 is 0 Å². The minimum Gasteiger partial charge on any atom is -0.313 e. The first-order valence-corrected chi connectivity index (χ1v) is 8.39. The summed E-state index contributed by atoms with van der Waals surface area (Å²) in [5.41, 5.74) is 0.935. The topological polar surface area (TPSA) is 55.6 Å². The molecule has 1 aliphatic rings. The number of fused-ring (bicyclic) bond motifs is 1. The van der Waals surface area contributed by atoms with Crippen molar-refractivity contribution >= 4 is 11.3 Å². The smallest absolute Gasteiger partial charge is 0.152 e. The average molecular weight is 305 g/mol. The van der Waals surface area contributed by atoms with E-state index in [4.69, 9.17) is 0 Å². The summed E-state index contributed by atoms with van der Waals surface area (Å²) in [7, 11) is 0. The van der Waals surface area contributed by atoms with E-state index >= 15 is 0 Å². The molecule has 2 aromatic rings. The molecule has 0 radical (unpaired) electrons. The van der Waals surface area contributed by atoms with Crippen LogP contribution >= 0.6 is 11.3 Å². The average Bonchev–Trinajstić information content (AvgIpc) is 3.01. The van der Waals surface area contributed by atoms with Crippen LogP contribution in [0.2, 0.25) is 0 Å². The Bertz CT molecular complexity index is 621. The van der Waals surface area contributed by atoms with Crippen molar-refractivity contribution in [1.82, 2.24) is 25.1 Å². The first-order chi connectivity index (χ1) is 9.97. The molecule has 3 heterocycles. The van der Waals surface area contributed by atoms with E-state index in [-0.39, 0.29) is 5.54 Å². The van der Waals surface area contributed by atoms with Crippen molar-refractivity contribution in [1.29, 1.82) is 0 Å². The Kier molecular flexibility index (Phi) is 3.84. The van der Waals surface area contributed by atoms with Crippen molar-refractivity contribution in [3.05, 3.63) is 27.2 Å². The van der Waals surface area contributed by atoms with Gasteiger partial charge in [0, 0.05) is 24.4 Å². The van der Waals surface area contributed by atoms with Gasteiger partial charge in [0.05, 0.1) is 11.2 Å². The van der Waals surface area contributed by atoms with Crippen LogP contribution in [0, 0.1) is 13.8 Å². The molecule has 0 atom stereocenters. The quantitative estimate of drug-likeness (QED) is 0.943. The fourth-order valence-corrected chi connectivity index (χ4v) is 3.63. The summed E-state index contributed by atoms with van der Waals surface area (Å²) >= 11 is 1.76. The highest BCUT2D eigenvalue weighted by atomic mass is 32.1. The monoisotopic (exact) mass is 305 g/mol. The van der Waals surface area contributed by atoms with E-state index in [0.717, 1.165) is 41.9 Å². The molecule has 0 fully saturated rings. The Morgan fingerprint density at radius 2 is 2.05 bits per heavy atom. The molecule has 0 amide bonds. The second-order valence-corrected chi connectivity index (χ2v) is 7.56. The molecule has 5 nitrogen and oxygen atoms in total. The summed E-state index contributed by atoms with van der Waals surface area (Å²) in [5, 5.41) is 13.5. The number of thiazole rings is 1. The van der Waals surface area contributed by atoms with E-state index in [9.17, 15) is 0 Å². The van der Waals surface area contributed by atoms with E-state index in [1.165, 1.54) is 17.7 Å². The third kappa shape index (κ3) is 2.87. The zero-order valence-electron chi connectivity index (χ0n) is 13.2. The Morgan fingerprint density at radius 1 is 1.24 bits per heavy atom. The lowest BCUT2D eigenvalue weighted by Gasteiger charge is -2.27. The number of rotatable bonds is 4. The molecule has 1 aliphatic heterocycles. The van der Waals surface area contributed by atoms with Crippen LogP contribution in [0.25, 0.3) is 0 Å². The molecule has 0 spiro atoms. The number of nitrogens with one attached hydrogen (secondary N) is 1. The molecule has 21 heavy (non-hydrogen) atoms. The van der Waals surface area contributed by atoms with Crippen molar-refractivity contribution < 1.29 is 0 Å². The summed E-state index contributed by atoms with van der Waals surface area (Å²) in [6, 6.07) is 0. The molecule has 0 bridgehead atoms. The maximum absolute atomic E-state index is 4.60. The molecule has 6 heteroatoms. The lowest BCUT2D eigenvalue weighted by molar-refractivity contribution is 0.351. The summed E-state index contributed by atoms with van der Waals surface area (Å²) < 4.78 is 2.29. The van der Waals surface area contributed by atoms with Crippen molar-refractivity contribution in [3.63, 3.8) is 0 Å². The highest BCUT2D eigenvalue weighted by Gasteiger charge is 2.29. The molecule has 0 saturated carbocycles. The van der Waals surface area contributed by atoms with Crippen LogP contribution in [0.4, 0.5) is 0 Å². The van der Waals surface area contributed by atoms with E-state index in [1.807, 2.05) is 0 Å². The summed E-state index contributed by atoms with van der Waals surface area (Å²) in [4.78, 5) is 5.89.